The van der Waals surface area contributed by atoms with Crippen molar-refractivity contribution >= 4 is 34.3 Å². The summed E-state index contributed by atoms with van der Waals surface area (Å²) >= 11 is 0. The maximum Gasteiger partial charge on any atom is 0.276 e. The molecule has 53 heavy (non-hydrogen) atoms. The minimum absolute atomic E-state index is 0.0979. The molecule has 1 aromatic heterocycles. The Bertz CT molecular complexity index is 2270. The normalized spacial score (nSPS) is 19.7. The number of aromatic nitrogens is 2. The van der Waals surface area contributed by atoms with Crippen molar-refractivity contribution in [2.75, 3.05) is 0 Å². The van der Waals surface area contributed by atoms with Gasteiger partial charge in [0.15, 0.2) is 0 Å². The maximum absolute atomic E-state index is 14.6. The average Bonchev–Trinajstić information content (AvgIpc) is 3.56. The largest absolute Gasteiger partial charge is 0.324 e. The Morgan fingerprint density at radius 3 is 2.13 bits per heavy atom. The molecule has 1 unspecified atom stereocenters. The number of hydrogen-bond acceptors (Lipinski definition) is 4. The fraction of sp³-hybridized carbons (Fsp3) is 0.217. The van der Waals surface area contributed by atoms with Gasteiger partial charge in [0.05, 0.1) is 17.3 Å². The summed E-state index contributed by atoms with van der Waals surface area (Å²) in [6.45, 7) is 2.10. The first-order valence-corrected chi connectivity index (χ1v) is 18.4. The lowest BCUT2D eigenvalue weighted by Gasteiger charge is -2.37. The van der Waals surface area contributed by atoms with E-state index in [1.165, 1.54) is 6.07 Å². The number of allylic oxidation sites excluding steroid dienone is 1. The van der Waals surface area contributed by atoms with Gasteiger partial charge in [-0.3, -0.25) is 9.79 Å². The molecule has 7 heteroatoms. The van der Waals surface area contributed by atoms with Gasteiger partial charge in [-0.1, -0.05) is 109 Å². The van der Waals surface area contributed by atoms with E-state index in [1.54, 1.807) is 12.1 Å². The Labute approximate surface area is 309 Å². The van der Waals surface area contributed by atoms with E-state index in [-0.39, 0.29) is 17.8 Å². The summed E-state index contributed by atoms with van der Waals surface area (Å²) < 4.78 is 16.7. The lowest BCUT2D eigenvalue weighted by atomic mass is 9.77. The van der Waals surface area contributed by atoms with Crippen molar-refractivity contribution in [2.45, 2.75) is 62.6 Å². The average molecular weight is 700 g/mol. The van der Waals surface area contributed by atoms with Gasteiger partial charge < -0.3 is 5.73 Å². The van der Waals surface area contributed by atoms with Crippen LogP contribution in [0, 0.1) is 5.82 Å². The van der Waals surface area contributed by atoms with Crippen molar-refractivity contribution in [1.29, 1.82) is 0 Å². The number of benzene rings is 5. The van der Waals surface area contributed by atoms with Gasteiger partial charge in [0.2, 0.25) is 0 Å². The summed E-state index contributed by atoms with van der Waals surface area (Å²) in [6, 6.07) is 44.1. The van der Waals surface area contributed by atoms with Crippen molar-refractivity contribution in [2.24, 2.45) is 15.7 Å². The number of carbonyl (C=O) groups excluding carboxylic acids is 1. The van der Waals surface area contributed by atoms with E-state index in [9.17, 15) is 9.18 Å². The molecule has 6 aromatic rings. The molecule has 2 N–H and O–H groups in total. The van der Waals surface area contributed by atoms with Crippen molar-refractivity contribution in [3.8, 4) is 0 Å². The summed E-state index contributed by atoms with van der Waals surface area (Å²) in [5.41, 5.74) is 13.1. The molecule has 0 radical (unpaired) electrons. The van der Waals surface area contributed by atoms with Gasteiger partial charge in [0.25, 0.3) is 5.91 Å². The number of nitrogens with two attached hydrogens (primary N) is 1. The zero-order chi connectivity index (χ0) is 36.4. The molecule has 1 saturated carbocycles. The SMILES string of the molecule is CC1CC(c2nn(C(c3ccccc3)(c3ccccc3)c3ccccc3)c3ccc(C(=O)/N=C4/CCC[C@@](N)(Cc5ccccc5F)C4)cc23)=CC=N1. The van der Waals surface area contributed by atoms with Crippen LogP contribution < -0.4 is 5.73 Å². The third-order valence-corrected chi connectivity index (χ3v) is 10.7. The van der Waals surface area contributed by atoms with Gasteiger partial charge in [0, 0.05) is 34.8 Å². The smallest absolute Gasteiger partial charge is 0.276 e. The Hall–Kier alpha value is -5.79. The number of halogens is 1. The monoisotopic (exact) mass is 699 g/mol. The third-order valence-electron chi connectivity index (χ3n) is 10.7. The van der Waals surface area contributed by atoms with E-state index in [2.05, 4.69) is 94.4 Å². The van der Waals surface area contributed by atoms with Crippen molar-refractivity contribution in [3.63, 3.8) is 0 Å². The van der Waals surface area contributed by atoms with Gasteiger partial charge in [-0.25, -0.2) is 14.1 Å². The first-order chi connectivity index (χ1) is 25.8. The van der Waals surface area contributed by atoms with Crippen LogP contribution in [0.15, 0.2) is 150 Å². The molecule has 1 aliphatic heterocycles. The third kappa shape index (κ3) is 6.57. The summed E-state index contributed by atoms with van der Waals surface area (Å²) in [6.07, 6.45) is 7.67. The Morgan fingerprint density at radius 2 is 1.51 bits per heavy atom. The van der Waals surface area contributed by atoms with Gasteiger partial charge in [-0.2, -0.15) is 5.10 Å². The van der Waals surface area contributed by atoms with Crippen LogP contribution in [0.1, 0.15) is 77.3 Å². The quantitative estimate of drug-likeness (QED) is 0.161. The number of fused-ring (bicyclic) bond motifs is 1. The number of hydrogen-bond donors (Lipinski definition) is 1. The molecular formula is C46H42FN5O. The van der Waals surface area contributed by atoms with Crippen molar-refractivity contribution in [3.05, 3.63) is 179 Å². The maximum atomic E-state index is 14.6. The Kier molecular flexibility index (Phi) is 9.27. The molecule has 1 fully saturated rings. The first-order valence-electron chi connectivity index (χ1n) is 18.4. The minimum Gasteiger partial charge on any atom is -0.324 e. The summed E-state index contributed by atoms with van der Waals surface area (Å²) in [4.78, 5) is 23.3. The number of aliphatic imine (C=N–C) groups is 2. The first kappa shape index (κ1) is 34.3. The second kappa shape index (κ2) is 14.3. The minimum atomic E-state index is -0.842. The van der Waals surface area contributed by atoms with Crippen LogP contribution in [-0.2, 0) is 12.0 Å². The Balaban J connectivity index is 1.27. The number of dihydropyridines is 1. The number of rotatable bonds is 8. The zero-order valence-corrected chi connectivity index (χ0v) is 29.8. The highest BCUT2D eigenvalue weighted by molar-refractivity contribution is 6.07. The van der Waals surface area contributed by atoms with Gasteiger partial charge in [-0.05, 0) is 97.2 Å². The predicted octanol–water partition coefficient (Wildman–Crippen LogP) is 9.36. The second-order valence-corrected chi connectivity index (χ2v) is 14.5. The zero-order valence-electron chi connectivity index (χ0n) is 29.8. The molecule has 8 rings (SSSR count). The number of carbonyl (C=O) groups is 1. The molecule has 1 aliphatic carbocycles. The lowest BCUT2D eigenvalue weighted by Crippen LogP contribution is -2.46. The highest BCUT2D eigenvalue weighted by Crippen LogP contribution is 2.44. The van der Waals surface area contributed by atoms with Crippen LogP contribution in [0.4, 0.5) is 4.39 Å². The van der Waals surface area contributed by atoms with Crippen LogP contribution in [0.5, 0.6) is 0 Å². The highest BCUT2D eigenvalue weighted by atomic mass is 19.1. The van der Waals surface area contributed by atoms with E-state index in [4.69, 9.17) is 10.8 Å². The highest BCUT2D eigenvalue weighted by Gasteiger charge is 2.41. The van der Waals surface area contributed by atoms with E-state index >= 15 is 0 Å². The molecule has 5 aromatic carbocycles. The molecule has 2 aliphatic rings. The lowest BCUT2D eigenvalue weighted by molar-refractivity contribution is 0.100. The summed E-state index contributed by atoms with van der Waals surface area (Å²) in [5, 5.41) is 6.39. The summed E-state index contributed by atoms with van der Waals surface area (Å²) in [5.74, 6) is -0.574. The molecule has 2 atom stereocenters. The molecule has 0 spiro atoms. The van der Waals surface area contributed by atoms with E-state index < -0.39 is 11.1 Å². The van der Waals surface area contributed by atoms with E-state index in [0.717, 1.165) is 63.8 Å². The van der Waals surface area contributed by atoms with Gasteiger partial charge in [-0.15, -0.1) is 0 Å². The van der Waals surface area contributed by atoms with Crippen LogP contribution >= 0.6 is 0 Å². The van der Waals surface area contributed by atoms with Crippen molar-refractivity contribution < 1.29 is 9.18 Å². The van der Waals surface area contributed by atoms with E-state index in [0.29, 0.717) is 30.4 Å². The Morgan fingerprint density at radius 1 is 0.887 bits per heavy atom. The van der Waals surface area contributed by atoms with Crippen LogP contribution in [0.3, 0.4) is 0 Å². The fourth-order valence-electron chi connectivity index (χ4n) is 8.25. The van der Waals surface area contributed by atoms with Gasteiger partial charge in [0.1, 0.15) is 11.4 Å². The molecule has 6 nitrogen and oxygen atoms in total. The molecule has 1 amide bonds. The molecule has 0 saturated heterocycles. The van der Waals surface area contributed by atoms with Crippen LogP contribution in [0.2, 0.25) is 0 Å². The van der Waals surface area contributed by atoms with Gasteiger partial charge >= 0.3 is 0 Å². The molecule has 0 bridgehead atoms. The second-order valence-electron chi connectivity index (χ2n) is 14.5. The topological polar surface area (TPSA) is 85.6 Å². The standard InChI is InChI=1S/C46H42FN5O/c1-32-28-33(25-27-49-32)43-40-29-34(44(53)50-39-21-13-26-45(48,31-39)30-35-14-11-12-22-41(35)47)23-24-42(40)52(51-43)46(36-15-5-2-6-16-36,37-17-7-3-8-18-37)38-19-9-4-10-20-38/h2-12,14-20,22-25,27,29,32H,13,21,26,28,30-31,48H2,1H3/b50-39-/t32?,45-/m1/s1. The molecule has 2 heterocycles. The van der Waals surface area contributed by atoms with E-state index in [1.807, 2.05) is 54.8 Å². The number of amides is 1. The van der Waals surface area contributed by atoms with Crippen LogP contribution in [0.25, 0.3) is 16.5 Å². The van der Waals surface area contributed by atoms with Crippen molar-refractivity contribution in [1.82, 2.24) is 9.78 Å². The number of nitrogens with zero attached hydrogens (tertiary/aromatic N) is 4. The van der Waals surface area contributed by atoms with Crippen LogP contribution in [-0.4, -0.2) is 39.2 Å². The summed E-state index contributed by atoms with van der Waals surface area (Å²) in [7, 11) is 0. The molecular weight excluding hydrogens is 658 g/mol. The molecule has 264 valence electrons. The fourth-order valence-corrected chi connectivity index (χ4v) is 8.25. The predicted molar refractivity (Wildman–Crippen MR) is 212 cm³/mol.